The molecule has 11 nitrogen and oxygen atoms in total. The second-order valence-corrected chi connectivity index (χ2v) is 13.6. The Bertz CT molecular complexity index is 1110. The Balaban J connectivity index is 1.84. The van der Waals surface area contributed by atoms with Gasteiger partial charge in [-0.25, -0.2) is 4.79 Å². The molecule has 1 heterocycles. The molecular weight excluding hydrogens is 586 g/mol. The van der Waals surface area contributed by atoms with Gasteiger partial charge in [0.15, 0.2) is 0 Å². The van der Waals surface area contributed by atoms with Crippen LogP contribution in [0.3, 0.4) is 0 Å². The summed E-state index contributed by atoms with van der Waals surface area (Å²) in [5.41, 5.74) is 0.829. The lowest BCUT2D eigenvalue weighted by molar-refractivity contribution is -0.132. The first-order valence-electron chi connectivity index (χ1n) is 17.3. The van der Waals surface area contributed by atoms with E-state index in [-0.39, 0.29) is 48.6 Å². The van der Waals surface area contributed by atoms with Gasteiger partial charge in [-0.05, 0) is 91.2 Å². The second kappa shape index (κ2) is 19.1. The van der Waals surface area contributed by atoms with Crippen molar-refractivity contribution >= 4 is 23.5 Å². The molecule has 1 aromatic rings. The van der Waals surface area contributed by atoms with Gasteiger partial charge < -0.3 is 39.9 Å². The summed E-state index contributed by atoms with van der Waals surface area (Å²) >= 11 is 0. The molecular formula is C35H59N5O6. The molecule has 260 valence electrons. The fourth-order valence-electron chi connectivity index (χ4n) is 6.17. The molecule has 0 bridgehead atoms. The molecule has 4 atom stereocenters. The van der Waals surface area contributed by atoms with E-state index in [2.05, 4.69) is 15.5 Å². The number of rotatable bonds is 10. The molecule has 4 amide bonds. The summed E-state index contributed by atoms with van der Waals surface area (Å²) in [4.78, 5) is 45.6. The van der Waals surface area contributed by atoms with E-state index in [4.69, 9.17) is 9.47 Å². The van der Waals surface area contributed by atoms with Gasteiger partial charge in [-0.15, -0.1) is 0 Å². The van der Waals surface area contributed by atoms with Crippen LogP contribution in [0.4, 0.5) is 10.5 Å². The van der Waals surface area contributed by atoms with Gasteiger partial charge in [-0.2, -0.15) is 0 Å². The van der Waals surface area contributed by atoms with Crippen molar-refractivity contribution in [3.63, 3.8) is 0 Å². The number of fused-ring (bicyclic) bond motifs is 1. The molecule has 1 aliphatic carbocycles. The van der Waals surface area contributed by atoms with E-state index in [0.29, 0.717) is 43.1 Å². The maximum Gasteiger partial charge on any atom is 0.319 e. The Hall–Kier alpha value is -2.89. The predicted molar refractivity (Wildman–Crippen MR) is 181 cm³/mol. The Morgan fingerprint density at radius 2 is 1.78 bits per heavy atom. The number of benzene rings is 1. The van der Waals surface area contributed by atoms with Crippen LogP contribution >= 0.6 is 0 Å². The van der Waals surface area contributed by atoms with Crippen LogP contribution in [0, 0.1) is 5.92 Å². The minimum atomic E-state index is -0.481. The van der Waals surface area contributed by atoms with E-state index < -0.39 is 6.04 Å². The topological polar surface area (TPSA) is 124 Å². The number of carbonyl (C=O) groups excluding carboxylic acids is 3. The summed E-state index contributed by atoms with van der Waals surface area (Å²) < 4.78 is 12.7. The Labute approximate surface area is 276 Å². The molecule has 11 heteroatoms. The largest absolute Gasteiger partial charge is 0.490 e. The Morgan fingerprint density at radius 3 is 2.48 bits per heavy atom. The van der Waals surface area contributed by atoms with E-state index in [0.717, 1.165) is 57.9 Å². The Kier molecular flexibility index (Phi) is 15.6. The number of hydrogen-bond acceptors (Lipinski definition) is 7. The zero-order valence-corrected chi connectivity index (χ0v) is 29.1. The molecule has 0 saturated heterocycles. The standard InChI is InChI=1S/C35H59N5O6/c1-25-22-40(26(2)24-41)34(43)30-21-29(37-35(44)36-28-14-8-7-9-15-28)17-18-31(30)46-27(3)13-10-11-20-45-32(25)23-39(6)33(42)16-12-19-38(4)5/h17-18,21,25-28,32,41H,7-16,19-20,22-24H2,1-6H3,(H2,36,37,44)/t25-,26-,27-,32-/m1/s1. The predicted octanol–water partition coefficient (Wildman–Crippen LogP) is 4.74. The summed E-state index contributed by atoms with van der Waals surface area (Å²) in [6.07, 6.45) is 8.69. The zero-order chi connectivity index (χ0) is 33.6. The molecule has 1 aromatic carbocycles. The average Bonchev–Trinajstić information content (AvgIpc) is 3.02. The summed E-state index contributed by atoms with van der Waals surface area (Å²) in [5, 5.41) is 16.2. The summed E-state index contributed by atoms with van der Waals surface area (Å²) in [6, 6.07) is 4.57. The van der Waals surface area contributed by atoms with Crippen molar-refractivity contribution < 1.29 is 29.0 Å². The van der Waals surface area contributed by atoms with Crippen LogP contribution in [-0.4, -0.2) is 116 Å². The maximum absolute atomic E-state index is 14.3. The van der Waals surface area contributed by atoms with Gasteiger partial charge in [0.1, 0.15) is 5.75 Å². The normalized spacial score (nSPS) is 22.7. The lowest BCUT2D eigenvalue weighted by atomic mass is 9.96. The minimum Gasteiger partial charge on any atom is -0.490 e. The van der Waals surface area contributed by atoms with Gasteiger partial charge in [0, 0.05) is 50.8 Å². The van der Waals surface area contributed by atoms with Gasteiger partial charge in [-0.1, -0.05) is 26.2 Å². The number of likely N-dealkylation sites (N-methyl/N-ethyl adjacent to an activating group) is 1. The van der Waals surface area contributed by atoms with E-state index in [1.54, 1.807) is 28.0 Å². The quantitative estimate of drug-likeness (QED) is 0.336. The summed E-state index contributed by atoms with van der Waals surface area (Å²) in [6.45, 7) is 7.72. The van der Waals surface area contributed by atoms with Crippen molar-refractivity contribution in [2.24, 2.45) is 5.92 Å². The highest BCUT2D eigenvalue weighted by atomic mass is 16.5. The number of anilines is 1. The number of hydrogen-bond donors (Lipinski definition) is 3. The number of urea groups is 1. The van der Waals surface area contributed by atoms with Crippen molar-refractivity contribution in [2.75, 3.05) is 59.3 Å². The highest BCUT2D eigenvalue weighted by molar-refractivity contribution is 5.99. The third-order valence-corrected chi connectivity index (χ3v) is 9.13. The fraction of sp³-hybridized carbons (Fsp3) is 0.743. The molecule has 1 aliphatic heterocycles. The highest BCUT2D eigenvalue weighted by Crippen LogP contribution is 2.29. The molecule has 0 spiro atoms. The van der Waals surface area contributed by atoms with Crippen LogP contribution in [0.2, 0.25) is 0 Å². The van der Waals surface area contributed by atoms with Crippen LogP contribution in [-0.2, 0) is 9.53 Å². The van der Waals surface area contributed by atoms with Crippen LogP contribution in [0.25, 0.3) is 0 Å². The molecule has 3 N–H and O–H groups in total. The van der Waals surface area contributed by atoms with Crippen molar-refractivity contribution in [2.45, 2.75) is 109 Å². The first-order valence-corrected chi connectivity index (χ1v) is 17.3. The lowest BCUT2D eigenvalue weighted by Gasteiger charge is -2.36. The van der Waals surface area contributed by atoms with E-state index in [1.807, 2.05) is 41.9 Å². The minimum absolute atomic E-state index is 0.0705. The van der Waals surface area contributed by atoms with E-state index >= 15 is 0 Å². The van der Waals surface area contributed by atoms with E-state index in [9.17, 15) is 19.5 Å². The number of nitrogens with one attached hydrogen (secondary N) is 2. The van der Waals surface area contributed by atoms with E-state index in [1.165, 1.54) is 6.42 Å². The number of aliphatic hydroxyl groups is 1. The molecule has 46 heavy (non-hydrogen) atoms. The number of amides is 4. The highest BCUT2D eigenvalue weighted by Gasteiger charge is 2.31. The molecule has 1 saturated carbocycles. The second-order valence-electron chi connectivity index (χ2n) is 13.6. The van der Waals surface area contributed by atoms with Gasteiger partial charge in [-0.3, -0.25) is 9.59 Å². The smallest absolute Gasteiger partial charge is 0.319 e. The third-order valence-electron chi connectivity index (χ3n) is 9.13. The van der Waals surface area contributed by atoms with Crippen LogP contribution in [0.15, 0.2) is 18.2 Å². The van der Waals surface area contributed by atoms with Crippen molar-refractivity contribution in [3.05, 3.63) is 23.8 Å². The summed E-state index contributed by atoms with van der Waals surface area (Å²) in [7, 11) is 5.81. The SMILES string of the molecule is C[C@@H]1CCCCO[C@H](CN(C)C(=O)CCCN(C)C)[C@H](C)CN([C@H](C)CO)C(=O)c2cc(NC(=O)NC3CCCCC3)ccc2O1. The number of aliphatic hydroxyl groups excluding tert-OH is 1. The number of ether oxygens (including phenoxy) is 2. The maximum atomic E-state index is 14.3. The van der Waals surface area contributed by atoms with Crippen molar-refractivity contribution in [3.8, 4) is 5.75 Å². The summed E-state index contributed by atoms with van der Waals surface area (Å²) in [5.74, 6) is 0.0901. The fourth-order valence-corrected chi connectivity index (χ4v) is 6.17. The molecule has 2 aliphatic rings. The van der Waals surface area contributed by atoms with Crippen LogP contribution < -0.4 is 15.4 Å². The van der Waals surface area contributed by atoms with Crippen LogP contribution in [0.5, 0.6) is 5.75 Å². The van der Waals surface area contributed by atoms with Crippen molar-refractivity contribution in [1.29, 1.82) is 0 Å². The van der Waals surface area contributed by atoms with Gasteiger partial charge >= 0.3 is 6.03 Å². The van der Waals surface area contributed by atoms with Gasteiger partial charge in [0.2, 0.25) is 5.91 Å². The average molecular weight is 646 g/mol. The monoisotopic (exact) mass is 645 g/mol. The lowest BCUT2D eigenvalue weighted by Crippen LogP contribution is -2.48. The zero-order valence-electron chi connectivity index (χ0n) is 29.1. The third kappa shape index (κ3) is 12.0. The molecule has 0 aromatic heterocycles. The van der Waals surface area contributed by atoms with Gasteiger partial charge in [0.25, 0.3) is 5.91 Å². The Morgan fingerprint density at radius 1 is 1.07 bits per heavy atom. The van der Waals surface area contributed by atoms with Gasteiger partial charge in [0.05, 0.1) is 30.4 Å². The molecule has 0 radical (unpaired) electrons. The molecule has 1 fully saturated rings. The number of nitrogens with zero attached hydrogens (tertiary/aromatic N) is 3. The van der Waals surface area contributed by atoms with Crippen molar-refractivity contribution in [1.82, 2.24) is 20.0 Å². The molecule has 3 rings (SSSR count). The molecule has 0 unspecified atom stereocenters. The number of carbonyl (C=O) groups is 3. The van der Waals surface area contributed by atoms with Crippen LogP contribution in [0.1, 0.15) is 95.3 Å². The first kappa shape index (κ1) is 37.6. The first-order chi connectivity index (χ1) is 22.0.